The molecule has 0 radical (unpaired) electrons. The maximum Gasteiger partial charge on any atom is 0.255 e. The van der Waals surface area contributed by atoms with Crippen molar-refractivity contribution in [1.29, 1.82) is 0 Å². The third kappa shape index (κ3) is 3.48. The summed E-state index contributed by atoms with van der Waals surface area (Å²) in [5.74, 6) is 0.147. The summed E-state index contributed by atoms with van der Waals surface area (Å²) in [7, 11) is 0. The van der Waals surface area contributed by atoms with E-state index in [0.717, 1.165) is 29.7 Å². The van der Waals surface area contributed by atoms with Crippen molar-refractivity contribution in [2.24, 2.45) is 0 Å². The number of amides is 1. The lowest BCUT2D eigenvalue weighted by Crippen LogP contribution is -2.31. The summed E-state index contributed by atoms with van der Waals surface area (Å²) in [6, 6.07) is 10.9. The fraction of sp³-hybridized carbons (Fsp3) is 0.200. The van der Waals surface area contributed by atoms with Crippen LogP contribution in [0.25, 0.3) is 11.1 Å². The Bertz CT molecular complexity index is 962. The van der Waals surface area contributed by atoms with Gasteiger partial charge in [0.25, 0.3) is 5.91 Å². The topological polar surface area (TPSA) is 85.0 Å². The quantitative estimate of drug-likeness (QED) is 0.749. The van der Waals surface area contributed by atoms with E-state index in [1.54, 1.807) is 30.7 Å². The molecular formula is C20H18ClN5O. The molecule has 1 aromatic carbocycles. The highest BCUT2D eigenvalue weighted by atomic mass is 35.5. The van der Waals surface area contributed by atoms with Gasteiger partial charge in [-0.3, -0.25) is 9.78 Å². The molecule has 1 aliphatic heterocycles. The second-order valence-corrected chi connectivity index (χ2v) is 6.87. The Labute approximate surface area is 162 Å². The third-order valence-corrected chi connectivity index (χ3v) is 4.98. The monoisotopic (exact) mass is 379 g/mol. The van der Waals surface area contributed by atoms with E-state index in [1.165, 1.54) is 0 Å². The first kappa shape index (κ1) is 17.4. The van der Waals surface area contributed by atoms with Crippen LogP contribution in [0.2, 0.25) is 5.02 Å². The predicted octanol–water partition coefficient (Wildman–Crippen LogP) is 3.75. The van der Waals surface area contributed by atoms with Crippen molar-refractivity contribution in [2.75, 3.05) is 12.3 Å². The molecule has 1 amide bonds. The molecule has 0 spiro atoms. The van der Waals surface area contributed by atoms with Gasteiger partial charge in [-0.15, -0.1) is 0 Å². The molecule has 1 aliphatic rings. The van der Waals surface area contributed by atoms with E-state index in [1.807, 2.05) is 29.2 Å². The molecule has 7 heteroatoms. The number of rotatable bonds is 3. The van der Waals surface area contributed by atoms with Gasteiger partial charge in [-0.1, -0.05) is 23.7 Å². The van der Waals surface area contributed by atoms with Crippen molar-refractivity contribution in [3.05, 3.63) is 71.3 Å². The zero-order valence-corrected chi connectivity index (χ0v) is 15.3. The largest absolute Gasteiger partial charge is 0.368 e. The number of hydrogen-bond donors (Lipinski definition) is 1. The number of nitrogens with two attached hydrogens (primary N) is 1. The summed E-state index contributed by atoms with van der Waals surface area (Å²) >= 11 is 6.01. The smallest absolute Gasteiger partial charge is 0.255 e. The summed E-state index contributed by atoms with van der Waals surface area (Å²) < 4.78 is 0. The summed E-state index contributed by atoms with van der Waals surface area (Å²) in [5.41, 5.74) is 9.00. The molecule has 27 heavy (non-hydrogen) atoms. The van der Waals surface area contributed by atoms with E-state index < -0.39 is 0 Å². The van der Waals surface area contributed by atoms with Gasteiger partial charge in [0.05, 0.1) is 17.3 Å². The summed E-state index contributed by atoms with van der Waals surface area (Å²) in [5, 5.41) is 0.658. The maximum absolute atomic E-state index is 13.0. The number of hydrogen-bond acceptors (Lipinski definition) is 5. The molecule has 1 atom stereocenters. The van der Waals surface area contributed by atoms with E-state index in [-0.39, 0.29) is 17.9 Å². The van der Waals surface area contributed by atoms with Gasteiger partial charge in [0.2, 0.25) is 5.95 Å². The van der Waals surface area contributed by atoms with Gasteiger partial charge in [-0.2, -0.15) is 0 Å². The number of anilines is 1. The van der Waals surface area contributed by atoms with Crippen LogP contribution in [-0.2, 0) is 0 Å². The Morgan fingerprint density at radius 1 is 1.19 bits per heavy atom. The number of likely N-dealkylation sites (tertiary alicyclic amines) is 1. The minimum atomic E-state index is -0.159. The molecule has 136 valence electrons. The van der Waals surface area contributed by atoms with E-state index in [9.17, 15) is 4.79 Å². The minimum Gasteiger partial charge on any atom is -0.368 e. The van der Waals surface area contributed by atoms with E-state index in [2.05, 4.69) is 15.0 Å². The lowest BCUT2D eigenvalue weighted by molar-refractivity contribution is 0.0733. The van der Waals surface area contributed by atoms with Crippen molar-refractivity contribution in [2.45, 2.75) is 18.9 Å². The first-order valence-corrected chi connectivity index (χ1v) is 9.10. The summed E-state index contributed by atoms with van der Waals surface area (Å²) in [4.78, 5) is 27.6. The SMILES string of the molecule is Nc1ncc(-c2ccc(Cl)cc2)c(C2CCCN2C(=O)c2cccnc2)n1. The number of pyridine rings is 1. The molecule has 1 unspecified atom stereocenters. The lowest BCUT2D eigenvalue weighted by atomic mass is 9.99. The molecule has 0 bridgehead atoms. The van der Waals surface area contributed by atoms with E-state index in [0.29, 0.717) is 17.1 Å². The minimum absolute atomic E-state index is 0.0511. The highest BCUT2D eigenvalue weighted by molar-refractivity contribution is 6.30. The Morgan fingerprint density at radius 3 is 2.74 bits per heavy atom. The number of halogens is 1. The van der Waals surface area contributed by atoms with Crippen molar-refractivity contribution in [1.82, 2.24) is 19.9 Å². The molecule has 0 aliphatic carbocycles. The van der Waals surface area contributed by atoms with Crippen molar-refractivity contribution >= 4 is 23.5 Å². The molecule has 2 N–H and O–H groups in total. The zero-order valence-electron chi connectivity index (χ0n) is 14.5. The van der Waals surface area contributed by atoms with Gasteiger partial charge in [0.1, 0.15) is 0 Å². The standard InChI is InChI=1S/C20H18ClN5O/c21-15-7-5-13(6-8-15)16-12-24-20(22)25-18(16)17-4-2-10-26(17)19(27)14-3-1-9-23-11-14/h1,3,5-9,11-12,17H,2,4,10H2,(H2,22,24,25). The second-order valence-electron chi connectivity index (χ2n) is 6.43. The summed E-state index contributed by atoms with van der Waals surface area (Å²) in [6.07, 6.45) is 6.68. The van der Waals surface area contributed by atoms with E-state index in [4.69, 9.17) is 17.3 Å². The molecule has 1 fully saturated rings. The van der Waals surface area contributed by atoms with Crippen LogP contribution in [-0.4, -0.2) is 32.3 Å². The van der Waals surface area contributed by atoms with Crippen LogP contribution < -0.4 is 5.73 Å². The number of benzene rings is 1. The zero-order chi connectivity index (χ0) is 18.8. The lowest BCUT2D eigenvalue weighted by Gasteiger charge is -2.26. The van der Waals surface area contributed by atoms with Crippen molar-refractivity contribution in [3.8, 4) is 11.1 Å². The number of aromatic nitrogens is 3. The Morgan fingerprint density at radius 2 is 2.00 bits per heavy atom. The molecule has 2 aromatic heterocycles. The maximum atomic E-state index is 13.0. The Kier molecular flexibility index (Phi) is 4.73. The van der Waals surface area contributed by atoms with Crippen LogP contribution in [0.15, 0.2) is 55.0 Å². The third-order valence-electron chi connectivity index (χ3n) is 4.73. The van der Waals surface area contributed by atoms with Gasteiger partial charge < -0.3 is 10.6 Å². The van der Waals surface area contributed by atoms with Crippen LogP contribution in [0.3, 0.4) is 0 Å². The Balaban J connectivity index is 1.74. The number of nitrogens with zero attached hydrogens (tertiary/aromatic N) is 4. The molecule has 3 heterocycles. The first-order valence-electron chi connectivity index (χ1n) is 8.73. The molecule has 3 aromatic rings. The predicted molar refractivity (Wildman–Crippen MR) is 104 cm³/mol. The second kappa shape index (κ2) is 7.32. The Hall–Kier alpha value is -2.99. The number of carbonyl (C=O) groups is 1. The summed E-state index contributed by atoms with van der Waals surface area (Å²) in [6.45, 7) is 0.669. The average molecular weight is 380 g/mol. The van der Waals surface area contributed by atoms with Crippen LogP contribution in [0.1, 0.15) is 34.9 Å². The molecule has 1 saturated heterocycles. The molecule has 0 saturated carbocycles. The molecule has 4 rings (SSSR count). The van der Waals surface area contributed by atoms with Crippen LogP contribution in [0.4, 0.5) is 5.95 Å². The average Bonchev–Trinajstić information content (AvgIpc) is 3.18. The van der Waals surface area contributed by atoms with Gasteiger partial charge >= 0.3 is 0 Å². The molecular weight excluding hydrogens is 362 g/mol. The fourth-order valence-corrected chi connectivity index (χ4v) is 3.59. The molecule has 6 nitrogen and oxygen atoms in total. The van der Waals surface area contributed by atoms with Crippen LogP contribution in [0, 0.1) is 0 Å². The fourth-order valence-electron chi connectivity index (χ4n) is 3.46. The normalized spacial score (nSPS) is 16.5. The van der Waals surface area contributed by atoms with Gasteiger partial charge in [-0.25, -0.2) is 9.97 Å². The van der Waals surface area contributed by atoms with Crippen molar-refractivity contribution < 1.29 is 4.79 Å². The van der Waals surface area contributed by atoms with Gasteiger partial charge in [0, 0.05) is 35.7 Å². The number of carbonyl (C=O) groups excluding carboxylic acids is 1. The van der Waals surface area contributed by atoms with E-state index >= 15 is 0 Å². The first-order chi connectivity index (χ1) is 13.1. The van der Waals surface area contributed by atoms with Crippen molar-refractivity contribution in [3.63, 3.8) is 0 Å². The highest BCUT2D eigenvalue weighted by Gasteiger charge is 2.33. The number of nitrogen functional groups attached to an aromatic ring is 1. The van der Waals surface area contributed by atoms with Crippen LogP contribution >= 0.6 is 11.6 Å². The van der Waals surface area contributed by atoms with Gasteiger partial charge in [-0.05, 0) is 42.7 Å². The van der Waals surface area contributed by atoms with Gasteiger partial charge in [0.15, 0.2) is 0 Å². The van der Waals surface area contributed by atoms with Crippen LogP contribution in [0.5, 0.6) is 0 Å². The highest BCUT2D eigenvalue weighted by Crippen LogP contribution is 2.37.